The zero-order chi connectivity index (χ0) is 33.7. The Morgan fingerprint density at radius 2 is 0.652 bits per heavy atom. The molecule has 0 heterocycles. The van der Waals surface area contributed by atoms with E-state index in [2.05, 4.69) is 32.9 Å². The number of aryl methyl sites for hydroxylation is 3. The van der Waals surface area contributed by atoms with E-state index >= 15 is 0 Å². The van der Waals surface area contributed by atoms with Crippen molar-refractivity contribution in [1.82, 2.24) is 0 Å². The number of fused-ring (bicyclic) bond motifs is 11. The minimum absolute atomic E-state index is 0.152. The Labute approximate surface area is 270 Å². The average Bonchev–Trinajstić information content (AvgIpc) is 3.07. The predicted molar refractivity (Wildman–Crippen MR) is 195 cm³/mol. The minimum atomic E-state index is 0.152. The Kier molecular flexibility index (Phi) is 10.5. The van der Waals surface area contributed by atoms with E-state index in [0.29, 0.717) is 5.75 Å². The van der Waals surface area contributed by atoms with Crippen LogP contribution in [0.15, 0.2) is 84.9 Å². The van der Waals surface area contributed by atoms with Gasteiger partial charge in [-0.2, -0.15) is 0 Å². The standard InChI is InChI=1S/C26H16O4.C11H16O.2C2H6/c27-13-1-5-17-21(9-13)22-10-14(28)3-7-19(22)26-20-8-4-16(30)12-24(20)23-11-15(29)2-6-18(23)25(17)26;1-4-9-6-8(3)7-10(5-2)11(9)12;2*1-2/h1-12,27-30H;6-7,12H,4-5H2,1-3H3;2*1-2H3. The summed E-state index contributed by atoms with van der Waals surface area (Å²) in [7, 11) is 0. The second-order valence-electron chi connectivity index (χ2n) is 10.8. The first-order chi connectivity index (χ1) is 22.2. The van der Waals surface area contributed by atoms with Crippen molar-refractivity contribution in [3.8, 4) is 28.7 Å². The van der Waals surface area contributed by atoms with Crippen molar-refractivity contribution in [2.75, 3.05) is 0 Å². The molecule has 0 unspecified atom stereocenters. The van der Waals surface area contributed by atoms with E-state index in [4.69, 9.17) is 0 Å². The summed E-state index contributed by atoms with van der Waals surface area (Å²) in [6.45, 7) is 14.2. The van der Waals surface area contributed by atoms with Gasteiger partial charge >= 0.3 is 0 Å². The molecule has 0 aliphatic rings. The van der Waals surface area contributed by atoms with Crippen LogP contribution >= 0.6 is 0 Å². The van der Waals surface area contributed by atoms with Gasteiger partial charge in [0, 0.05) is 0 Å². The fourth-order valence-corrected chi connectivity index (χ4v) is 6.19. The highest BCUT2D eigenvalue weighted by Gasteiger charge is 2.17. The first kappa shape index (κ1) is 33.7. The summed E-state index contributed by atoms with van der Waals surface area (Å²) in [6, 6.07) is 25.1. The van der Waals surface area contributed by atoms with Crippen LogP contribution in [0.25, 0.3) is 53.9 Å². The SMILES string of the molecule is CC.CC.CCc1cc(C)cc(CC)c1O.Oc1ccc2c(c1)c1cc(O)ccc1c1c3ccc(O)cc3c3cc(O)ccc3c21. The highest BCUT2D eigenvalue weighted by atomic mass is 16.3. The molecule has 7 aromatic carbocycles. The van der Waals surface area contributed by atoms with Gasteiger partial charge in [-0.3, -0.25) is 0 Å². The molecule has 0 atom stereocenters. The summed E-state index contributed by atoms with van der Waals surface area (Å²) in [5, 5.41) is 59.4. The molecule has 238 valence electrons. The van der Waals surface area contributed by atoms with Gasteiger partial charge in [-0.25, -0.2) is 0 Å². The van der Waals surface area contributed by atoms with Gasteiger partial charge in [0.15, 0.2) is 0 Å². The van der Waals surface area contributed by atoms with Gasteiger partial charge in [0.05, 0.1) is 0 Å². The maximum absolute atomic E-state index is 10.2. The van der Waals surface area contributed by atoms with Gasteiger partial charge in [0.25, 0.3) is 0 Å². The lowest BCUT2D eigenvalue weighted by molar-refractivity contribution is 0.462. The maximum Gasteiger partial charge on any atom is 0.121 e. The summed E-state index contributed by atoms with van der Waals surface area (Å²) < 4.78 is 0. The molecule has 0 amide bonds. The second kappa shape index (κ2) is 14.3. The Morgan fingerprint density at radius 1 is 0.391 bits per heavy atom. The molecule has 0 saturated heterocycles. The molecule has 7 rings (SSSR count). The molecule has 0 fully saturated rings. The zero-order valence-corrected chi connectivity index (χ0v) is 27.7. The van der Waals surface area contributed by atoms with E-state index in [1.54, 1.807) is 48.5 Å². The number of benzene rings is 7. The molecule has 5 nitrogen and oxygen atoms in total. The van der Waals surface area contributed by atoms with Crippen LogP contribution in [0.2, 0.25) is 0 Å². The van der Waals surface area contributed by atoms with E-state index in [-0.39, 0.29) is 23.0 Å². The predicted octanol–water partition coefficient (Wildman–Crippen LogP) is 11.2. The lowest BCUT2D eigenvalue weighted by Crippen LogP contribution is -1.90. The molecule has 0 aromatic heterocycles. The average molecular weight is 617 g/mol. The van der Waals surface area contributed by atoms with Gasteiger partial charge in [-0.15, -0.1) is 0 Å². The summed E-state index contributed by atoms with van der Waals surface area (Å²) in [6.07, 6.45) is 1.81. The molecule has 0 radical (unpaired) electrons. The summed E-state index contributed by atoms with van der Waals surface area (Å²) in [4.78, 5) is 0. The van der Waals surface area contributed by atoms with Crippen molar-refractivity contribution < 1.29 is 25.5 Å². The quantitative estimate of drug-likeness (QED) is 0.124. The summed E-state index contributed by atoms with van der Waals surface area (Å²) in [5.41, 5.74) is 3.36. The number of phenolic OH excluding ortho intramolecular Hbond substituents is 5. The van der Waals surface area contributed by atoms with Crippen molar-refractivity contribution >= 4 is 53.9 Å². The minimum Gasteiger partial charge on any atom is -0.508 e. The molecule has 0 saturated carbocycles. The van der Waals surface area contributed by atoms with E-state index in [0.717, 1.165) is 77.8 Å². The van der Waals surface area contributed by atoms with Crippen molar-refractivity contribution in [2.24, 2.45) is 0 Å². The van der Waals surface area contributed by atoms with Gasteiger partial charge in [-0.1, -0.05) is 83.5 Å². The maximum atomic E-state index is 10.2. The highest BCUT2D eigenvalue weighted by molar-refractivity contribution is 6.39. The monoisotopic (exact) mass is 616 g/mol. The Hall–Kier alpha value is -5.16. The molecular weight excluding hydrogens is 572 g/mol. The van der Waals surface area contributed by atoms with Crippen LogP contribution in [0.3, 0.4) is 0 Å². The third-order valence-electron chi connectivity index (χ3n) is 8.09. The lowest BCUT2D eigenvalue weighted by atomic mass is 9.87. The Bertz CT molecular complexity index is 1910. The molecule has 0 aliphatic heterocycles. The van der Waals surface area contributed by atoms with Crippen molar-refractivity contribution in [2.45, 2.75) is 61.3 Å². The zero-order valence-electron chi connectivity index (χ0n) is 27.7. The van der Waals surface area contributed by atoms with Gasteiger partial charge in [-0.05, 0) is 133 Å². The largest absolute Gasteiger partial charge is 0.508 e. The normalized spacial score (nSPS) is 10.7. The molecule has 5 N–H and O–H groups in total. The van der Waals surface area contributed by atoms with E-state index in [9.17, 15) is 25.5 Å². The molecule has 0 bridgehead atoms. The fraction of sp³-hybridized carbons (Fsp3) is 0.220. The summed E-state index contributed by atoms with van der Waals surface area (Å²) in [5.74, 6) is 1.10. The molecule has 5 heteroatoms. The van der Waals surface area contributed by atoms with Gasteiger partial charge < -0.3 is 25.5 Å². The molecule has 0 aliphatic carbocycles. The van der Waals surface area contributed by atoms with E-state index in [1.807, 2.05) is 52.0 Å². The Morgan fingerprint density at radius 3 is 0.891 bits per heavy atom. The topological polar surface area (TPSA) is 101 Å². The van der Waals surface area contributed by atoms with Crippen LogP contribution in [0.4, 0.5) is 0 Å². The van der Waals surface area contributed by atoms with Crippen molar-refractivity contribution in [3.05, 3.63) is 102 Å². The number of hydrogen-bond acceptors (Lipinski definition) is 5. The third kappa shape index (κ3) is 6.18. The fourth-order valence-electron chi connectivity index (χ4n) is 6.19. The van der Waals surface area contributed by atoms with E-state index < -0.39 is 0 Å². The van der Waals surface area contributed by atoms with Crippen LogP contribution in [0.1, 0.15) is 58.2 Å². The molecule has 7 aromatic rings. The van der Waals surface area contributed by atoms with Crippen molar-refractivity contribution in [1.29, 1.82) is 0 Å². The molecule has 0 spiro atoms. The second-order valence-corrected chi connectivity index (χ2v) is 10.8. The molecule has 46 heavy (non-hydrogen) atoms. The van der Waals surface area contributed by atoms with Crippen LogP contribution < -0.4 is 0 Å². The van der Waals surface area contributed by atoms with Crippen LogP contribution in [0.5, 0.6) is 28.7 Å². The van der Waals surface area contributed by atoms with Gasteiger partial charge in [0.1, 0.15) is 28.7 Å². The molecular formula is C41H44O5. The van der Waals surface area contributed by atoms with Crippen LogP contribution in [0, 0.1) is 6.92 Å². The smallest absolute Gasteiger partial charge is 0.121 e. The lowest BCUT2D eigenvalue weighted by Gasteiger charge is -2.17. The number of rotatable bonds is 2. The summed E-state index contributed by atoms with van der Waals surface area (Å²) >= 11 is 0. The van der Waals surface area contributed by atoms with Crippen molar-refractivity contribution in [3.63, 3.8) is 0 Å². The van der Waals surface area contributed by atoms with Gasteiger partial charge in [0.2, 0.25) is 0 Å². The third-order valence-corrected chi connectivity index (χ3v) is 8.09. The van der Waals surface area contributed by atoms with E-state index in [1.165, 1.54) is 5.56 Å². The van der Waals surface area contributed by atoms with Crippen LogP contribution in [-0.2, 0) is 12.8 Å². The Balaban J connectivity index is 0.000000253. The first-order valence-corrected chi connectivity index (χ1v) is 16.1. The first-order valence-electron chi connectivity index (χ1n) is 16.1. The highest BCUT2D eigenvalue weighted by Crippen LogP contribution is 2.46. The number of aromatic hydroxyl groups is 5. The number of hydrogen-bond donors (Lipinski definition) is 5. The number of phenols is 5. The van der Waals surface area contributed by atoms with Crippen LogP contribution in [-0.4, -0.2) is 25.5 Å².